The summed E-state index contributed by atoms with van der Waals surface area (Å²) in [6.07, 6.45) is 26.8. The van der Waals surface area contributed by atoms with Crippen molar-refractivity contribution in [2.75, 3.05) is 6.61 Å². The molecule has 62 heavy (non-hydrogen) atoms. The molecule has 368 valence electrons. The third-order valence-electron chi connectivity index (χ3n) is 12.4. The van der Waals surface area contributed by atoms with Crippen LogP contribution in [0.15, 0.2) is 12.2 Å². The molecule has 1 amide bonds. The second-order valence-electron chi connectivity index (χ2n) is 18.2. The standard InChI is InChI=1S/C48H94NO12P/c1-3-5-7-9-11-13-15-17-19-21-23-25-27-29-31-33-35-39(50)37-42(52)49-40(38-60-62(58,59)61-48-46(56)44(54)43(53)45(55)47(48)57)41(51)36-34-32-30-28-26-24-22-20-18-16-14-12-10-8-6-4-2/h23,25,39-41,43-48,50-51,53-57H,3-22,24,26-38H2,1-2H3,(H,49,52)(H,58,59)/b25-23-. The number of carbonyl (C=O) groups is 1. The van der Waals surface area contributed by atoms with Crippen molar-refractivity contribution < 1.29 is 59.0 Å². The smallest absolute Gasteiger partial charge is 0.393 e. The van der Waals surface area contributed by atoms with Crippen LogP contribution >= 0.6 is 7.82 Å². The van der Waals surface area contributed by atoms with E-state index < -0.39 is 75.2 Å². The van der Waals surface area contributed by atoms with Crippen LogP contribution in [0.4, 0.5) is 0 Å². The maximum Gasteiger partial charge on any atom is 0.472 e. The number of carbonyl (C=O) groups excluding carboxylic acids is 1. The molecule has 0 spiro atoms. The minimum Gasteiger partial charge on any atom is -0.393 e. The summed E-state index contributed by atoms with van der Waals surface area (Å²) in [5.74, 6) is -0.566. The van der Waals surface area contributed by atoms with Gasteiger partial charge in [0.2, 0.25) is 5.91 Å². The summed E-state index contributed by atoms with van der Waals surface area (Å²) in [7, 11) is -5.12. The summed E-state index contributed by atoms with van der Waals surface area (Å²) in [6, 6.07) is -1.16. The zero-order chi connectivity index (χ0) is 45.9. The van der Waals surface area contributed by atoms with Gasteiger partial charge in [-0.05, 0) is 38.5 Å². The second-order valence-corrected chi connectivity index (χ2v) is 19.6. The number of hydrogen-bond acceptors (Lipinski definition) is 11. The number of nitrogens with one attached hydrogen (secondary N) is 1. The van der Waals surface area contributed by atoms with Gasteiger partial charge < -0.3 is 46.0 Å². The Bertz CT molecular complexity index is 1120. The Balaban J connectivity index is 2.49. The maximum absolute atomic E-state index is 13.0. The number of hydrogen-bond donors (Lipinski definition) is 9. The Labute approximate surface area is 376 Å². The topological polar surface area (TPSA) is 226 Å². The van der Waals surface area contributed by atoms with E-state index >= 15 is 0 Å². The number of amides is 1. The van der Waals surface area contributed by atoms with Crippen molar-refractivity contribution in [3.8, 4) is 0 Å². The van der Waals surface area contributed by atoms with Gasteiger partial charge >= 0.3 is 7.82 Å². The molecule has 0 aromatic heterocycles. The van der Waals surface area contributed by atoms with E-state index in [-0.39, 0.29) is 12.8 Å². The van der Waals surface area contributed by atoms with E-state index in [2.05, 4.69) is 31.3 Å². The summed E-state index contributed by atoms with van der Waals surface area (Å²) in [4.78, 5) is 23.5. The predicted molar refractivity (Wildman–Crippen MR) is 247 cm³/mol. The van der Waals surface area contributed by atoms with Crippen LogP contribution in [0.1, 0.15) is 226 Å². The minimum absolute atomic E-state index is 0.229. The Morgan fingerprint density at radius 3 is 1.34 bits per heavy atom. The predicted octanol–water partition coefficient (Wildman–Crippen LogP) is 8.98. The number of phosphoric ester groups is 1. The van der Waals surface area contributed by atoms with Gasteiger partial charge in [-0.1, -0.05) is 193 Å². The molecule has 0 aromatic carbocycles. The third kappa shape index (κ3) is 29.5. The summed E-state index contributed by atoms with van der Waals surface area (Å²) in [5.41, 5.74) is 0. The van der Waals surface area contributed by atoms with Crippen LogP contribution in [0.5, 0.6) is 0 Å². The first kappa shape index (κ1) is 59.1. The molecule has 8 atom stereocenters. The van der Waals surface area contributed by atoms with Crippen LogP contribution in [0.2, 0.25) is 0 Å². The number of unbranched alkanes of at least 4 members (excludes halogenated alkanes) is 27. The monoisotopic (exact) mass is 908 g/mol. The van der Waals surface area contributed by atoms with Crippen molar-refractivity contribution in [2.45, 2.75) is 281 Å². The van der Waals surface area contributed by atoms with Crippen LogP contribution in [0.3, 0.4) is 0 Å². The van der Waals surface area contributed by atoms with Crippen LogP contribution in [-0.4, -0.2) is 108 Å². The lowest BCUT2D eigenvalue weighted by Crippen LogP contribution is -2.64. The molecular formula is C48H94NO12P. The van der Waals surface area contributed by atoms with Crippen molar-refractivity contribution in [1.29, 1.82) is 0 Å². The largest absolute Gasteiger partial charge is 0.472 e. The van der Waals surface area contributed by atoms with E-state index in [0.29, 0.717) is 12.8 Å². The first-order valence-electron chi connectivity index (χ1n) is 25.2. The lowest BCUT2D eigenvalue weighted by molar-refractivity contribution is -0.220. The van der Waals surface area contributed by atoms with Gasteiger partial charge in [0.25, 0.3) is 0 Å². The first-order chi connectivity index (χ1) is 29.8. The highest BCUT2D eigenvalue weighted by Gasteiger charge is 2.51. The average Bonchev–Trinajstić information content (AvgIpc) is 3.24. The van der Waals surface area contributed by atoms with Gasteiger partial charge in [-0.15, -0.1) is 0 Å². The van der Waals surface area contributed by atoms with E-state index in [0.717, 1.165) is 57.8 Å². The van der Waals surface area contributed by atoms with Crippen molar-refractivity contribution in [3.63, 3.8) is 0 Å². The highest BCUT2D eigenvalue weighted by atomic mass is 31.2. The summed E-state index contributed by atoms with van der Waals surface area (Å²) < 4.78 is 23.0. The van der Waals surface area contributed by atoms with Crippen molar-refractivity contribution in [1.82, 2.24) is 5.32 Å². The van der Waals surface area contributed by atoms with Gasteiger partial charge in [-0.3, -0.25) is 13.8 Å². The number of phosphoric acid groups is 1. The number of rotatable bonds is 42. The fourth-order valence-electron chi connectivity index (χ4n) is 8.24. The molecule has 1 saturated carbocycles. The average molecular weight is 908 g/mol. The molecule has 0 radical (unpaired) electrons. The van der Waals surface area contributed by atoms with Crippen molar-refractivity contribution >= 4 is 13.7 Å². The molecular weight excluding hydrogens is 813 g/mol. The Morgan fingerprint density at radius 2 is 0.903 bits per heavy atom. The van der Waals surface area contributed by atoms with Gasteiger partial charge in [0.1, 0.15) is 36.6 Å². The van der Waals surface area contributed by atoms with Gasteiger partial charge in [-0.2, -0.15) is 0 Å². The van der Waals surface area contributed by atoms with Crippen LogP contribution in [0.25, 0.3) is 0 Å². The van der Waals surface area contributed by atoms with E-state index in [1.165, 1.54) is 128 Å². The van der Waals surface area contributed by atoms with Crippen LogP contribution < -0.4 is 5.32 Å². The zero-order valence-corrected chi connectivity index (χ0v) is 39.9. The highest BCUT2D eigenvalue weighted by Crippen LogP contribution is 2.47. The van der Waals surface area contributed by atoms with Gasteiger partial charge in [0.05, 0.1) is 31.3 Å². The van der Waals surface area contributed by atoms with Crippen LogP contribution in [0, 0.1) is 0 Å². The molecule has 1 aliphatic carbocycles. The Morgan fingerprint density at radius 1 is 0.548 bits per heavy atom. The summed E-state index contributed by atoms with van der Waals surface area (Å²) >= 11 is 0. The van der Waals surface area contributed by atoms with Crippen molar-refractivity contribution in [3.05, 3.63) is 12.2 Å². The quantitative estimate of drug-likeness (QED) is 0.0159. The lowest BCUT2D eigenvalue weighted by atomic mass is 9.85. The van der Waals surface area contributed by atoms with E-state index in [4.69, 9.17) is 9.05 Å². The van der Waals surface area contributed by atoms with Gasteiger partial charge in [0.15, 0.2) is 0 Å². The molecule has 1 fully saturated rings. The molecule has 1 aliphatic rings. The molecule has 0 aliphatic heterocycles. The Kier molecular flexibility index (Phi) is 36.4. The van der Waals surface area contributed by atoms with Gasteiger partial charge in [0, 0.05) is 0 Å². The minimum atomic E-state index is -5.12. The van der Waals surface area contributed by atoms with Crippen molar-refractivity contribution in [2.24, 2.45) is 0 Å². The zero-order valence-electron chi connectivity index (χ0n) is 39.1. The van der Waals surface area contributed by atoms with E-state index in [1.54, 1.807) is 0 Å². The molecule has 13 nitrogen and oxygen atoms in total. The molecule has 1 rings (SSSR count). The number of aliphatic hydroxyl groups excluding tert-OH is 7. The van der Waals surface area contributed by atoms with Crippen LogP contribution in [-0.2, 0) is 18.4 Å². The van der Waals surface area contributed by atoms with Gasteiger partial charge in [-0.25, -0.2) is 4.57 Å². The molecule has 9 N–H and O–H groups in total. The molecule has 14 heteroatoms. The second kappa shape index (κ2) is 38.2. The normalized spacial score (nSPS) is 23.1. The third-order valence-corrected chi connectivity index (χ3v) is 13.4. The highest BCUT2D eigenvalue weighted by molar-refractivity contribution is 7.47. The molecule has 0 bridgehead atoms. The number of aliphatic hydroxyl groups is 7. The first-order valence-corrected chi connectivity index (χ1v) is 26.7. The molecule has 0 aromatic rings. The fourth-order valence-corrected chi connectivity index (χ4v) is 9.21. The summed E-state index contributed by atoms with van der Waals surface area (Å²) in [5, 5.41) is 74.7. The Hall–Kier alpha value is -0.960. The summed E-state index contributed by atoms with van der Waals surface area (Å²) in [6.45, 7) is 3.80. The number of allylic oxidation sites excluding steroid dienone is 2. The lowest BCUT2D eigenvalue weighted by Gasteiger charge is -2.41. The SMILES string of the molecule is CCCCCCCCCCC/C=C\CCCCCC(O)CC(=O)NC(COP(=O)(O)OC1C(O)C(O)C(O)C(O)C1O)C(O)CCCCCCCCCCCCCCCCCC. The molecule has 8 unspecified atom stereocenters. The maximum atomic E-state index is 13.0. The molecule has 0 heterocycles. The van der Waals surface area contributed by atoms with E-state index in [1.807, 2.05) is 0 Å². The molecule has 0 saturated heterocycles. The van der Waals surface area contributed by atoms with E-state index in [9.17, 15) is 50.0 Å². The fraction of sp³-hybridized carbons (Fsp3) is 0.938.